The summed E-state index contributed by atoms with van der Waals surface area (Å²) in [5, 5.41) is 8.90. The van der Waals surface area contributed by atoms with Crippen molar-refractivity contribution in [1.82, 2.24) is 0 Å². The zero-order valence-corrected chi connectivity index (χ0v) is 6.20. The molecule has 0 unspecified atom stereocenters. The normalized spacial score (nSPS) is 10.4. The maximum Gasteiger partial charge on any atom is 0.171 e. The number of phenolic OH excluding ortho intramolecular Hbond substituents is 1. The Kier molecular flexibility index (Phi) is 2.58. The Bertz CT molecular complexity index is 318. The standard InChI is InChI=1S/C9H7FO2/c10-9-7(4-2-6-11)3-1-5-8(9)12/h1-6,12H. The van der Waals surface area contributed by atoms with E-state index in [1.807, 2.05) is 0 Å². The second-order valence-electron chi connectivity index (χ2n) is 2.18. The minimum Gasteiger partial charge on any atom is -0.505 e. The maximum absolute atomic E-state index is 12.9. The van der Waals surface area contributed by atoms with Crippen molar-refractivity contribution in [2.24, 2.45) is 0 Å². The van der Waals surface area contributed by atoms with Gasteiger partial charge in [0.15, 0.2) is 11.6 Å². The molecule has 0 spiro atoms. The van der Waals surface area contributed by atoms with Gasteiger partial charge in [-0.2, -0.15) is 0 Å². The fourth-order valence-corrected chi connectivity index (χ4v) is 0.809. The number of rotatable bonds is 2. The fourth-order valence-electron chi connectivity index (χ4n) is 0.809. The molecule has 0 aliphatic heterocycles. The molecule has 3 heteroatoms. The van der Waals surface area contributed by atoms with E-state index in [4.69, 9.17) is 5.11 Å². The Balaban J connectivity index is 3.07. The van der Waals surface area contributed by atoms with Crippen molar-refractivity contribution in [3.63, 3.8) is 0 Å². The molecule has 1 N–H and O–H groups in total. The van der Waals surface area contributed by atoms with E-state index in [1.165, 1.54) is 24.3 Å². The van der Waals surface area contributed by atoms with Gasteiger partial charge in [-0.15, -0.1) is 0 Å². The summed E-state index contributed by atoms with van der Waals surface area (Å²) < 4.78 is 12.9. The third-order valence-corrected chi connectivity index (χ3v) is 1.36. The van der Waals surface area contributed by atoms with E-state index in [2.05, 4.69) is 0 Å². The van der Waals surface area contributed by atoms with Crippen molar-refractivity contribution in [3.05, 3.63) is 35.7 Å². The molecule has 62 valence electrons. The molecule has 0 fully saturated rings. The van der Waals surface area contributed by atoms with Crippen LogP contribution in [0.2, 0.25) is 0 Å². The number of benzene rings is 1. The predicted molar refractivity (Wildman–Crippen MR) is 43.2 cm³/mol. The van der Waals surface area contributed by atoms with Gasteiger partial charge in [0.1, 0.15) is 6.29 Å². The van der Waals surface area contributed by atoms with Crippen LogP contribution in [0.25, 0.3) is 6.08 Å². The van der Waals surface area contributed by atoms with Gasteiger partial charge in [0.2, 0.25) is 0 Å². The van der Waals surface area contributed by atoms with Gasteiger partial charge in [-0.25, -0.2) is 4.39 Å². The van der Waals surface area contributed by atoms with E-state index in [-0.39, 0.29) is 5.56 Å². The van der Waals surface area contributed by atoms with Crippen molar-refractivity contribution in [3.8, 4) is 5.75 Å². The first kappa shape index (κ1) is 8.46. The number of allylic oxidation sites excluding steroid dienone is 1. The monoisotopic (exact) mass is 166 g/mol. The number of carbonyl (C=O) groups excluding carboxylic acids is 1. The van der Waals surface area contributed by atoms with Crippen LogP contribution in [-0.2, 0) is 4.79 Å². The second kappa shape index (κ2) is 3.67. The van der Waals surface area contributed by atoms with E-state index < -0.39 is 11.6 Å². The van der Waals surface area contributed by atoms with Crippen LogP contribution in [0.3, 0.4) is 0 Å². The molecular weight excluding hydrogens is 159 g/mol. The molecule has 12 heavy (non-hydrogen) atoms. The van der Waals surface area contributed by atoms with Gasteiger partial charge < -0.3 is 5.11 Å². The van der Waals surface area contributed by atoms with Crippen molar-refractivity contribution in [2.45, 2.75) is 0 Å². The van der Waals surface area contributed by atoms with Crippen molar-refractivity contribution >= 4 is 12.4 Å². The number of aromatic hydroxyl groups is 1. The van der Waals surface area contributed by atoms with Gasteiger partial charge in [0.05, 0.1) is 0 Å². The summed E-state index contributed by atoms with van der Waals surface area (Å²) in [6, 6.07) is 4.21. The fraction of sp³-hybridized carbons (Fsp3) is 0. The first-order chi connectivity index (χ1) is 5.75. The topological polar surface area (TPSA) is 37.3 Å². The molecule has 0 radical (unpaired) electrons. The number of hydrogen-bond acceptors (Lipinski definition) is 2. The number of hydrogen-bond donors (Lipinski definition) is 1. The molecule has 0 atom stereocenters. The summed E-state index contributed by atoms with van der Waals surface area (Å²) >= 11 is 0. The minimum atomic E-state index is -0.712. The second-order valence-corrected chi connectivity index (χ2v) is 2.18. The highest BCUT2D eigenvalue weighted by molar-refractivity contribution is 5.74. The quantitative estimate of drug-likeness (QED) is 0.536. The first-order valence-corrected chi connectivity index (χ1v) is 3.35. The average Bonchev–Trinajstić information content (AvgIpc) is 2.08. The Hall–Kier alpha value is -1.64. The van der Waals surface area contributed by atoms with Crippen LogP contribution in [0.15, 0.2) is 24.3 Å². The van der Waals surface area contributed by atoms with Gasteiger partial charge in [-0.05, 0) is 18.2 Å². The predicted octanol–water partition coefficient (Wildman–Crippen LogP) is 1.74. The molecule has 1 aromatic carbocycles. The molecular formula is C9H7FO2. The lowest BCUT2D eigenvalue weighted by Crippen LogP contribution is -1.81. The van der Waals surface area contributed by atoms with Crippen LogP contribution in [-0.4, -0.2) is 11.4 Å². The van der Waals surface area contributed by atoms with Crippen LogP contribution in [0, 0.1) is 5.82 Å². The number of halogens is 1. The third-order valence-electron chi connectivity index (χ3n) is 1.36. The molecule has 0 saturated heterocycles. The zero-order valence-electron chi connectivity index (χ0n) is 6.20. The lowest BCUT2D eigenvalue weighted by Gasteiger charge is -1.97. The van der Waals surface area contributed by atoms with Gasteiger partial charge in [0, 0.05) is 5.56 Å². The average molecular weight is 166 g/mol. The summed E-state index contributed by atoms with van der Waals surface area (Å²) in [6.07, 6.45) is 3.00. The largest absolute Gasteiger partial charge is 0.505 e. The molecule has 2 nitrogen and oxygen atoms in total. The molecule has 0 heterocycles. The SMILES string of the molecule is O=CC=Cc1cccc(O)c1F. The summed E-state index contributed by atoms with van der Waals surface area (Å²) in [5.41, 5.74) is 0.196. The Morgan fingerprint density at radius 2 is 2.17 bits per heavy atom. The maximum atomic E-state index is 12.9. The minimum absolute atomic E-state index is 0.196. The highest BCUT2D eigenvalue weighted by Gasteiger charge is 2.02. The van der Waals surface area contributed by atoms with Gasteiger partial charge in [-0.3, -0.25) is 4.79 Å². The van der Waals surface area contributed by atoms with Crippen LogP contribution in [0.4, 0.5) is 4.39 Å². The van der Waals surface area contributed by atoms with E-state index in [0.29, 0.717) is 6.29 Å². The van der Waals surface area contributed by atoms with Crippen LogP contribution in [0.1, 0.15) is 5.56 Å². The Labute approximate surface area is 69.0 Å². The summed E-state index contributed by atoms with van der Waals surface area (Å²) in [7, 11) is 0. The molecule has 0 amide bonds. The molecule has 0 aliphatic rings. The molecule has 0 aliphatic carbocycles. The number of aldehydes is 1. The van der Waals surface area contributed by atoms with E-state index in [0.717, 1.165) is 6.08 Å². The van der Waals surface area contributed by atoms with Gasteiger partial charge in [0.25, 0.3) is 0 Å². The van der Waals surface area contributed by atoms with Crippen molar-refractivity contribution in [2.75, 3.05) is 0 Å². The lowest BCUT2D eigenvalue weighted by molar-refractivity contribution is -0.104. The van der Waals surface area contributed by atoms with Crippen LogP contribution in [0.5, 0.6) is 5.75 Å². The van der Waals surface area contributed by atoms with Crippen LogP contribution >= 0.6 is 0 Å². The summed E-state index contributed by atoms with van der Waals surface area (Å²) in [5.74, 6) is -1.13. The molecule has 0 bridgehead atoms. The highest BCUT2D eigenvalue weighted by Crippen LogP contribution is 2.19. The summed E-state index contributed by atoms with van der Waals surface area (Å²) in [4.78, 5) is 9.90. The molecule has 0 saturated carbocycles. The van der Waals surface area contributed by atoms with E-state index >= 15 is 0 Å². The highest BCUT2D eigenvalue weighted by atomic mass is 19.1. The van der Waals surface area contributed by atoms with Gasteiger partial charge in [-0.1, -0.05) is 12.1 Å². The van der Waals surface area contributed by atoms with Crippen molar-refractivity contribution in [1.29, 1.82) is 0 Å². The van der Waals surface area contributed by atoms with Crippen molar-refractivity contribution < 1.29 is 14.3 Å². The summed E-state index contributed by atoms with van der Waals surface area (Å²) in [6.45, 7) is 0. The van der Waals surface area contributed by atoms with Gasteiger partial charge >= 0.3 is 0 Å². The number of carbonyl (C=O) groups is 1. The molecule has 1 aromatic rings. The molecule has 1 rings (SSSR count). The van der Waals surface area contributed by atoms with Crippen LogP contribution < -0.4 is 0 Å². The number of phenols is 1. The Morgan fingerprint density at radius 3 is 2.83 bits per heavy atom. The first-order valence-electron chi connectivity index (χ1n) is 3.35. The molecule has 0 aromatic heterocycles. The third kappa shape index (κ3) is 1.69. The zero-order chi connectivity index (χ0) is 8.97. The Morgan fingerprint density at radius 1 is 1.42 bits per heavy atom. The smallest absolute Gasteiger partial charge is 0.171 e. The lowest BCUT2D eigenvalue weighted by atomic mass is 10.2. The van der Waals surface area contributed by atoms with E-state index in [1.54, 1.807) is 0 Å². The van der Waals surface area contributed by atoms with E-state index in [9.17, 15) is 9.18 Å².